The SMILES string of the molecule is Cc1cnc(N[C@H]2CCc3c(ccc(=O)n3C)C2)nc1. The lowest BCUT2D eigenvalue weighted by Crippen LogP contribution is -2.32. The van der Waals surface area contributed by atoms with E-state index < -0.39 is 0 Å². The summed E-state index contributed by atoms with van der Waals surface area (Å²) in [6.45, 7) is 1.97. The molecule has 5 nitrogen and oxygen atoms in total. The first-order valence-electron chi connectivity index (χ1n) is 6.86. The smallest absolute Gasteiger partial charge is 0.250 e. The van der Waals surface area contributed by atoms with Crippen molar-refractivity contribution in [2.24, 2.45) is 7.05 Å². The Morgan fingerprint density at radius 2 is 2.05 bits per heavy atom. The van der Waals surface area contributed by atoms with Gasteiger partial charge in [-0.15, -0.1) is 0 Å². The zero-order valence-corrected chi connectivity index (χ0v) is 11.8. The van der Waals surface area contributed by atoms with Gasteiger partial charge in [-0.05, 0) is 37.3 Å². The third-order valence-corrected chi connectivity index (χ3v) is 3.84. The third kappa shape index (κ3) is 2.43. The number of nitrogens with one attached hydrogen (secondary N) is 1. The lowest BCUT2D eigenvalue weighted by atomic mass is 9.91. The van der Waals surface area contributed by atoms with E-state index in [0.29, 0.717) is 12.0 Å². The average molecular weight is 270 g/mol. The summed E-state index contributed by atoms with van der Waals surface area (Å²) in [7, 11) is 1.85. The van der Waals surface area contributed by atoms with Crippen LogP contribution in [0.2, 0.25) is 0 Å². The molecule has 0 bridgehead atoms. The number of nitrogens with zero attached hydrogens (tertiary/aromatic N) is 3. The Kier molecular flexibility index (Phi) is 3.26. The molecule has 0 radical (unpaired) electrons. The Morgan fingerprint density at radius 3 is 2.80 bits per heavy atom. The van der Waals surface area contributed by atoms with Crippen LogP contribution in [0.4, 0.5) is 5.95 Å². The van der Waals surface area contributed by atoms with Crippen molar-refractivity contribution < 1.29 is 0 Å². The molecule has 0 fully saturated rings. The van der Waals surface area contributed by atoms with Crippen molar-refractivity contribution >= 4 is 5.95 Å². The van der Waals surface area contributed by atoms with Crippen molar-refractivity contribution in [2.75, 3.05) is 5.32 Å². The number of rotatable bonds is 2. The van der Waals surface area contributed by atoms with Crippen molar-refractivity contribution in [3.05, 3.63) is 51.7 Å². The highest BCUT2D eigenvalue weighted by molar-refractivity contribution is 5.32. The third-order valence-electron chi connectivity index (χ3n) is 3.84. The Hall–Kier alpha value is -2.17. The molecule has 1 atom stereocenters. The van der Waals surface area contributed by atoms with Gasteiger partial charge in [0, 0.05) is 37.2 Å². The van der Waals surface area contributed by atoms with Crippen LogP contribution in [0.25, 0.3) is 0 Å². The predicted molar refractivity (Wildman–Crippen MR) is 77.9 cm³/mol. The van der Waals surface area contributed by atoms with Gasteiger partial charge in [-0.1, -0.05) is 6.07 Å². The predicted octanol–water partition coefficient (Wildman–Crippen LogP) is 1.45. The minimum Gasteiger partial charge on any atom is -0.351 e. The molecule has 0 saturated heterocycles. The van der Waals surface area contributed by atoms with Crippen LogP contribution in [0.5, 0.6) is 0 Å². The Morgan fingerprint density at radius 1 is 1.30 bits per heavy atom. The Bertz CT molecular complexity index is 675. The van der Waals surface area contributed by atoms with Gasteiger partial charge in [0.15, 0.2) is 0 Å². The van der Waals surface area contributed by atoms with E-state index >= 15 is 0 Å². The summed E-state index contributed by atoms with van der Waals surface area (Å²) in [5.41, 5.74) is 3.51. The van der Waals surface area contributed by atoms with Crippen molar-refractivity contribution in [2.45, 2.75) is 32.2 Å². The Labute approximate surface area is 117 Å². The highest BCUT2D eigenvalue weighted by atomic mass is 16.1. The van der Waals surface area contributed by atoms with Crippen LogP contribution in [-0.2, 0) is 19.9 Å². The molecule has 0 aromatic carbocycles. The van der Waals surface area contributed by atoms with Gasteiger partial charge in [-0.2, -0.15) is 0 Å². The highest BCUT2D eigenvalue weighted by Gasteiger charge is 2.21. The molecule has 1 aliphatic rings. The van der Waals surface area contributed by atoms with E-state index in [0.717, 1.165) is 30.5 Å². The van der Waals surface area contributed by atoms with Crippen LogP contribution in [0.3, 0.4) is 0 Å². The fraction of sp³-hybridized carbons (Fsp3) is 0.400. The van der Waals surface area contributed by atoms with Crippen LogP contribution in [-0.4, -0.2) is 20.6 Å². The van der Waals surface area contributed by atoms with E-state index in [9.17, 15) is 4.79 Å². The molecular formula is C15H18N4O. The summed E-state index contributed by atoms with van der Waals surface area (Å²) in [5.74, 6) is 0.675. The summed E-state index contributed by atoms with van der Waals surface area (Å²) >= 11 is 0. The largest absolute Gasteiger partial charge is 0.351 e. The molecule has 2 heterocycles. The zero-order valence-electron chi connectivity index (χ0n) is 11.8. The first-order chi connectivity index (χ1) is 9.63. The molecule has 2 aromatic heterocycles. The summed E-state index contributed by atoms with van der Waals surface area (Å²) < 4.78 is 1.76. The molecule has 1 aliphatic carbocycles. The summed E-state index contributed by atoms with van der Waals surface area (Å²) in [6.07, 6.45) is 6.43. The molecule has 0 unspecified atom stereocenters. The van der Waals surface area contributed by atoms with E-state index in [1.54, 1.807) is 10.6 Å². The van der Waals surface area contributed by atoms with E-state index in [4.69, 9.17) is 0 Å². The molecule has 1 N–H and O–H groups in total. The molecular weight excluding hydrogens is 252 g/mol. The Balaban J connectivity index is 1.77. The first-order valence-corrected chi connectivity index (χ1v) is 6.86. The van der Waals surface area contributed by atoms with Gasteiger partial charge < -0.3 is 9.88 Å². The van der Waals surface area contributed by atoms with Crippen LogP contribution in [0, 0.1) is 6.92 Å². The highest BCUT2D eigenvalue weighted by Crippen LogP contribution is 2.21. The molecule has 0 aliphatic heterocycles. The van der Waals surface area contributed by atoms with Gasteiger partial charge in [-0.25, -0.2) is 9.97 Å². The zero-order chi connectivity index (χ0) is 14.1. The van der Waals surface area contributed by atoms with E-state index in [2.05, 4.69) is 15.3 Å². The summed E-state index contributed by atoms with van der Waals surface area (Å²) in [4.78, 5) is 20.2. The van der Waals surface area contributed by atoms with Crippen LogP contribution in [0.1, 0.15) is 23.2 Å². The first kappa shape index (κ1) is 12.8. The number of aromatic nitrogens is 3. The van der Waals surface area contributed by atoms with Crippen LogP contribution >= 0.6 is 0 Å². The molecule has 0 saturated carbocycles. The van der Waals surface area contributed by atoms with Crippen LogP contribution < -0.4 is 10.9 Å². The minimum absolute atomic E-state index is 0.0667. The average Bonchev–Trinajstić information content (AvgIpc) is 2.46. The number of hydrogen-bond acceptors (Lipinski definition) is 4. The van der Waals surface area contributed by atoms with E-state index in [1.807, 2.05) is 32.4 Å². The second kappa shape index (κ2) is 5.07. The van der Waals surface area contributed by atoms with Crippen molar-refractivity contribution in [3.8, 4) is 0 Å². The maximum Gasteiger partial charge on any atom is 0.250 e. The summed E-state index contributed by atoms with van der Waals surface area (Å²) in [5, 5.41) is 3.37. The second-order valence-corrected chi connectivity index (χ2v) is 5.37. The van der Waals surface area contributed by atoms with Crippen molar-refractivity contribution in [1.82, 2.24) is 14.5 Å². The van der Waals surface area contributed by atoms with Crippen molar-refractivity contribution in [3.63, 3.8) is 0 Å². The van der Waals surface area contributed by atoms with Gasteiger partial charge >= 0.3 is 0 Å². The summed E-state index contributed by atoms with van der Waals surface area (Å²) in [6, 6.07) is 3.91. The fourth-order valence-electron chi connectivity index (χ4n) is 2.69. The monoisotopic (exact) mass is 270 g/mol. The number of fused-ring (bicyclic) bond motifs is 1. The van der Waals surface area contributed by atoms with E-state index in [1.165, 1.54) is 5.56 Å². The quantitative estimate of drug-likeness (QED) is 0.897. The molecule has 3 rings (SSSR count). The van der Waals surface area contributed by atoms with E-state index in [-0.39, 0.29) is 5.56 Å². The lowest BCUT2D eigenvalue weighted by Gasteiger charge is -2.26. The molecule has 104 valence electrons. The fourth-order valence-corrected chi connectivity index (χ4v) is 2.69. The standard InChI is InChI=1S/C15H18N4O/c1-10-8-16-15(17-9-10)18-12-4-5-13-11(7-12)3-6-14(20)19(13)2/h3,6,8-9,12H,4-5,7H2,1-2H3,(H,16,17,18)/t12-/m0/s1. The van der Waals surface area contributed by atoms with Gasteiger partial charge in [0.1, 0.15) is 0 Å². The second-order valence-electron chi connectivity index (χ2n) is 5.37. The lowest BCUT2D eigenvalue weighted by molar-refractivity contribution is 0.569. The maximum absolute atomic E-state index is 11.6. The van der Waals surface area contributed by atoms with Gasteiger partial charge in [0.05, 0.1) is 0 Å². The molecule has 0 spiro atoms. The number of aryl methyl sites for hydroxylation is 1. The van der Waals surface area contributed by atoms with Crippen molar-refractivity contribution in [1.29, 1.82) is 0 Å². The van der Waals surface area contributed by atoms with Gasteiger partial charge in [0.2, 0.25) is 11.5 Å². The topological polar surface area (TPSA) is 59.8 Å². The normalized spacial score (nSPS) is 17.6. The van der Waals surface area contributed by atoms with Gasteiger partial charge in [0.25, 0.3) is 0 Å². The van der Waals surface area contributed by atoms with Crippen LogP contribution in [0.15, 0.2) is 29.3 Å². The van der Waals surface area contributed by atoms with Gasteiger partial charge in [-0.3, -0.25) is 4.79 Å². The minimum atomic E-state index is 0.0667. The molecule has 0 amide bonds. The maximum atomic E-state index is 11.6. The number of anilines is 1. The molecule has 20 heavy (non-hydrogen) atoms. The number of pyridine rings is 1. The molecule has 2 aromatic rings. The molecule has 5 heteroatoms. The number of hydrogen-bond donors (Lipinski definition) is 1.